The molecule has 1 aromatic heterocycles. The highest BCUT2D eigenvalue weighted by molar-refractivity contribution is 6.00. The van der Waals surface area contributed by atoms with Crippen molar-refractivity contribution >= 4 is 28.2 Å². The summed E-state index contributed by atoms with van der Waals surface area (Å²) in [5.41, 5.74) is 2.33. The number of nitrogens with zero attached hydrogens (tertiary/aromatic N) is 1. The number of methoxy groups -OCH3 is 3. The Morgan fingerprint density at radius 2 is 1.80 bits per heavy atom. The third-order valence-corrected chi connectivity index (χ3v) is 3.77. The molecule has 0 radical (unpaired) electrons. The zero-order chi connectivity index (χ0) is 17.8. The molecule has 0 aliphatic rings. The lowest BCUT2D eigenvalue weighted by Crippen LogP contribution is -2.06. The van der Waals surface area contributed by atoms with Crippen LogP contribution in [-0.2, 0) is 4.74 Å². The Morgan fingerprint density at radius 3 is 2.52 bits per heavy atom. The molecule has 3 rings (SSSR count). The summed E-state index contributed by atoms with van der Waals surface area (Å²) in [7, 11) is 4.50. The van der Waals surface area contributed by atoms with E-state index in [1.807, 2.05) is 36.4 Å². The summed E-state index contributed by atoms with van der Waals surface area (Å²) in [6, 6.07) is 14.8. The highest BCUT2D eigenvalue weighted by Crippen LogP contribution is 2.32. The van der Waals surface area contributed by atoms with Crippen LogP contribution in [0.2, 0.25) is 0 Å². The molecule has 0 spiro atoms. The van der Waals surface area contributed by atoms with Gasteiger partial charge in [0.2, 0.25) is 0 Å². The van der Waals surface area contributed by atoms with Crippen LogP contribution < -0.4 is 14.8 Å². The fourth-order valence-electron chi connectivity index (χ4n) is 2.56. The molecule has 0 aliphatic carbocycles. The van der Waals surface area contributed by atoms with Crippen molar-refractivity contribution in [1.29, 1.82) is 0 Å². The van der Waals surface area contributed by atoms with Crippen molar-refractivity contribution in [2.24, 2.45) is 0 Å². The van der Waals surface area contributed by atoms with Crippen LogP contribution in [0.3, 0.4) is 0 Å². The van der Waals surface area contributed by atoms with Gasteiger partial charge >= 0.3 is 5.97 Å². The maximum absolute atomic E-state index is 12.0. The van der Waals surface area contributed by atoms with Gasteiger partial charge in [0.15, 0.2) is 5.69 Å². The first-order chi connectivity index (χ1) is 12.2. The number of benzene rings is 2. The van der Waals surface area contributed by atoms with Gasteiger partial charge in [-0.25, -0.2) is 9.78 Å². The van der Waals surface area contributed by atoms with E-state index in [2.05, 4.69) is 10.3 Å². The predicted octanol–water partition coefficient (Wildman–Crippen LogP) is 3.78. The fraction of sp³-hybridized carbons (Fsp3) is 0.158. The molecule has 0 atom stereocenters. The summed E-state index contributed by atoms with van der Waals surface area (Å²) >= 11 is 0. The smallest absolute Gasteiger partial charge is 0.356 e. The Kier molecular flexibility index (Phi) is 4.70. The van der Waals surface area contributed by atoms with Gasteiger partial charge in [0.1, 0.15) is 17.0 Å². The molecule has 0 saturated carbocycles. The normalized spacial score (nSPS) is 10.4. The lowest BCUT2D eigenvalue weighted by atomic mass is 10.1. The van der Waals surface area contributed by atoms with Crippen molar-refractivity contribution in [3.05, 3.63) is 54.2 Å². The number of nitrogens with one attached hydrogen (secondary N) is 1. The van der Waals surface area contributed by atoms with Crippen LogP contribution in [0.15, 0.2) is 48.5 Å². The van der Waals surface area contributed by atoms with Crippen LogP contribution in [0.25, 0.3) is 10.9 Å². The van der Waals surface area contributed by atoms with Crippen molar-refractivity contribution in [2.75, 3.05) is 26.6 Å². The summed E-state index contributed by atoms with van der Waals surface area (Å²) in [5, 5.41) is 4.14. The number of hydrogen-bond donors (Lipinski definition) is 1. The summed E-state index contributed by atoms with van der Waals surface area (Å²) in [4.78, 5) is 16.4. The maximum atomic E-state index is 12.0. The van der Waals surface area contributed by atoms with Crippen molar-refractivity contribution in [1.82, 2.24) is 4.98 Å². The monoisotopic (exact) mass is 338 g/mol. The number of aromatic nitrogens is 1. The molecule has 0 aliphatic heterocycles. The van der Waals surface area contributed by atoms with Crippen molar-refractivity contribution < 1.29 is 19.0 Å². The van der Waals surface area contributed by atoms with Gasteiger partial charge in [-0.15, -0.1) is 0 Å². The topological polar surface area (TPSA) is 69.7 Å². The summed E-state index contributed by atoms with van der Waals surface area (Å²) < 4.78 is 15.4. The summed E-state index contributed by atoms with van der Waals surface area (Å²) in [6.45, 7) is 0. The second kappa shape index (κ2) is 7.09. The quantitative estimate of drug-likeness (QED) is 0.714. The zero-order valence-electron chi connectivity index (χ0n) is 14.2. The van der Waals surface area contributed by atoms with E-state index in [0.29, 0.717) is 11.3 Å². The number of esters is 1. The average molecular weight is 338 g/mol. The highest BCUT2D eigenvalue weighted by atomic mass is 16.5. The molecule has 0 fully saturated rings. The number of pyridine rings is 1. The number of rotatable bonds is 5. The van der Waals surface area contributed by atoms with Crippen molar-refractivity contribution in [2.45, 2.75) is 0 Å². The molecule has 1 heterocycles. The molecule has 2 aromatic carbocycles. The summed E-state index contributed by atoms with van der Waals surface area (Å²) in [5.74, 6) is 0.799. The molecular weight excluding hydrogens is 320 g/mol. The highest BCUT2D eigenvalue weighted by Gasteiger charge is 2.15. The van der Waals surface area contributed by atoms with Gasteiger partial charge in [-0.05, 0) is 24.3 Å². The predicted molar refractivity (Wildman–Crippen MR) is 95.9 cm³/mol. The van der Waals surface area contributed by atoms with Gasteiger partial charge in [-0.3, -0.25) is 0 Å². The first-order valence-corrected chi connectivity index (χ1v) is 7.63. The molecular formula is C19H18N2O4. The second-order valence-corrected chi connectivity index (χ2v) is 5.26. The van der Waals surface area contributed by atoms with E-state index in [-0.39, 0.29) is 5.69 Å². The van der Waals surface area contributed by atoms with E-state index < -0.39 is 5.97 Å². The third-order valence-electron chi connectivity index (χ3n) is 3.77. The standard InChI is InChI=1S/C19H18N2O4/c1-23-13-7-4-6-12(10-13)20-15-11-16(19(22)25-3)21-18-14(15)8-5-9-17(18)24-2/h4-11H,1-3H3,(H,20,21). The van der Waals surface area contributed by atoms with E-state index in [0.717, 1.165) is 22.5 Å². The van der Waals surface area contributed by atoms with E-state index in [4.69, 9.17) is 14.2 Å². The van der Waals surface area contributed by atoms with Gasteiger partial charge in [-0.1, -0.05) is 18.2 Å². The number of carbonyl (C=O) groups excluding carboxylic acids is 1. The number of fused-ring (bicyclic) bond motifs is 1. The maximum Gasteiger partial charge on any atom is 0.356 e. The minimum atomic E-state index is -0.513. The Bertz CT molecular complexity index is 924. The minimum absolute atomic E-state index is 0.199. The Morgan fingerprint density at radius 1 is 1.00 bits per heavy atom. The van der Waals surface area contributed by atoms with Gasteiger partial charge in [0.25, 0.3) is 0 Å². The van der Waals surface area contributed by atoms with Crippen LogP contribution in [0.1, 0.15) is 10.5 Å². The lowest BCUT2D eigenvalue weighted by Gasteiger charge is -2.13. The zero-order valence-corrected chi connectivity index (χ0v) is 14.2. The number of hydrogen-bond acceptors (Lipinski definition) is 6. The largest absolute Gasteiger partial charge is 0.497 e. The van der Waals surface area contributed by atoms with Gasteiger partial charge in [-0.2, -0.15) is 0 Å². The Balaban J connectivity index is 2.16. The van der Waals surface area contributed by atoms with E-state index in [9.17, 15) is 4.79 Å². The third kappa shape index (κ3) is 3.33. The van der Waals surface area contributed by atoms with Gasteiger partial charge in [0.05, 0.1) is 27.0 Å². The lowest BCUT2D eigenvalue weighted by molar-refractivity contribution is 0.0594. The number of ether oxygens (including phenoxy) is 3. The molecule has 0 bridgehead atoms. The Labute approximate surface area is 145 Å². The molecule has 0 saturated heterocycles. The molecule has 128 valence electrons. The first kappa shape index (κ1) is 16.6. The van der Waals surface area contributed by atoms with Crippen molar-refractivity contribution in [3.8, 4) is 11.5 Å². The molecule has 6 nitrogen and oxygen atoms in total. The average Bonchev–Trinajstić information content (AvgIpc) is 2.66. The van der Waals surface area contributed by atoms with Crippen LogP contribution in [0.5, 0.6) is 11.5 Å². The number of para-hydroxylation sites is 1. The Hall–Kier alpha value is -3.28. The second-order valence-electron chi connectivity index (χ2n) is 5.26. The van der Waals surface area contributed by atoms with E-state index in [1.54, 1.807) is 26.4 Å². The molecule has 6 heteroatoms. The number of carbonyl (C=O) groups is 1. The number of anilines is 2. The van der Waals surface area contributed by atoms with Gasteiger partial charge < -0.3 is 19.5 Å². The van der Waals surface area contributed by atoms with Crippen LogP contribution >= 0.6 is 0 Å². The molecule has 0 amide bonds. The molecule has 3 aromatic rings. The van der Waals surface area contributed by atoms with E-state index >= 15 is 0 Å². The van der Waals surface area contributed by atoms with Crippen LogP contribution in [0.4, 0.5) is 11.4 Å². The molecule has 0 unspecified atom stereocenters. The van der Waals surface area contributed by atoms with Crippen molar-refractivity contribution in [3.63, 3.8) is 0 Å². The van der Waals surface area contributed by atoms with Crippen LogP contribution in [0, 0.1) is 0 Å². The SMILES string of the molecule is COC(=O)c1cc(Nc2cccc(OC)c2)c2cccc(OC)c2n1. The van der Waals surface area contributed by atoms with Gasteiger partial charge in [0, 0.05) is 17.1 Å². The molecule has 1 N–H and O–H groups in total. The molecule has 25 heavy (non-hydrogen) atoms. The summed E-state index contributed by atoms with van der Waals surface area (Å²) in [6.07, 6.45) is 0. The first-order valence-electron chi connectivity index (χ1n) is 7.63. The van der Waals surface area contributed by atoms with Crippen LogP contribution in [-0.4, -0.2) is 32.3 Å². The fourth-order valence-corrected chi connectivity index (χ4v) is 2.56. The minimum Gasteiger partial charge on any atom is -0.497 e. The van der Waals surface area contributed by atoms with E-state index in [1.165, 1.54) is 7.11 Å².